The summed E-state index contributed by atoms with van der Waals surface area (Å²) in [5.41, 5.74) is 3.75. The van der Waals surface area contributed by atoms with Crippen molar-refractivity contribution >= 4 is 11.7 Å². The van der Waals surface area contributed by atoms with Crippen LogP contribution in [0, 0.1) is 6.92 Å². The summed E-state index contributed by atoms with van der Waals surface area (Å²) >= 11 is 0. The first-order valence-corrected chi connectivity index (χ1v) is 10.2. The molecule has 1 aromatic heterocycles. The van der Waals surface area contributed by atoms with Crippen molar-refractivity contribution in [2.75, 3.05) is 18.4 Å². The van der Waals surface area contributed by atoms with Gasteiger partial charge in [0.15, 0.2) is 5.82 Å². The Morgan fingerprint density at radius 3 is 2.52 bits per heavy atom. The van der Waals surface area contributed by atoms with Crippen molar-refractivity contribution in [3.8, 4) is 11.4 Å². The van der Waals surface area contributed by atoms with Gasteiger partial charge in [0.1, 0.15) is 11.5 Å². The third-order valence-corrected chi connectivity index (χ3v) is 5.18. The second-order valence-electron chi connectivity index (χ2n) is 7.52. The number of rotatable bonds is 5. The largest absolute Gasteiger partial charge is 0.366 e. The number of anilines is 1. The standard InChI is InChI=1S/C24H26N4O/c1-18-9-8-10-19(15-18)17-25-22-16-21(24(29)28-13-6-3-7-14-28)26-23(27-22)20-11-4-2-5-12-20/h2,4-5,8-12,15-16H,3,6-7,13-14,17H2,1H3,(H,25,26,27). The molecular weight excluding hydrogens is 360 g/mol. The quantitative estimate of drug-likeness (QED) is 0.691. The van der Waals surface area contributed by atoms with Crippen molar-refractivity contribution in [3.63, 3.8) is 0 Å². The highest BCUT2D eigenvalue weighted by Gasteiger charge is 2.21. The van der Waals surface area contributed by atoms with Crippen LogP contribution in [0.3, 0.4) is 0 Å². The summed E-state index contributed by atoms with van der Waals surface area (Å²) in [5, 5.41) is 3.37. The normalized spacial score (nSPS) is 13.9. The van der Waals surface area contributed by atoms with Crippen LogP contribution in [0.2, 0.25) is 0 Å². The molecule has 1 fully saturated rings. The van der Waals surface area contributed by atoms with E-state index in [1.54, 1.807) is 6.07 Å². The molecule has 1 aliphatic rings. The number of carbonyl (C=O) groups is 1. The van der Waals surface area contributed by atoms with Gasteiger partial charge < -0.3 is 10.2 Å². The van der Waals surface area contributed by atoms with Crippen molar-refractivity contribution in [2.24, 2.45) is 0 Å². The van der Waals surface area contributed by atoms with Crippen LogP contribution in [0.25, 0.3) is 11.4 Å². The Morgan fingerprint density at radius 1 is 0.966 bits per heavy atom. The van der Waals surface area contributed by atoms with Crippen LogP contribution < -0.4 is 5.32 Å². The van der Waals surface area contributed by atoms with Crippen LogP contribution in [-0.2, 0) is 6.54 Å². The zero-order valence-corrected chi connectivity index (χ0v) is 16.8. The van der Waals surface area contributed by atoms with E-state index in [0.717, 1.165) is 31.5 Å². The number of hydrogen-bond acceptors (Lipinski definition) is 4. The predicted octanol–water partition coefficient (Wildman–Crippen LogP) is 4.69. The van der Waals surface area contributed by atoms with Crippen molar-refractivity contribution in [1.29, 1.82) is 0 Å². The molecular formula is C24H26N4O. The maximum Gasteiger partial charge on any atom is 0.272 e. The molecule has 5 heteroatoms. The fourth-order valence-corrected chi connectivity index (χ4v) is 3.64. The molecule has 0 spiro atoms. The van der Waals surface area contributed by atoms with E-state index in [4.69, 9.17) is 0 Å². The molecule has 5 nitrogen and oxygen atoms in total. The van der Waals surface area contributed by atoms with E-state index in [0.29, 0.717) is 23.9 Å². The zero-order chi connectivity index (χ0) is 20.1. The Bertz CT molecular complexity index is 981. The molecule has 0 unspecified atom stereocenters. The molecule has 0 atom stereocenters. The van der Waals surface area contributed by atoms with Gasteiger partial charge in [0, 0.05) is 31.3 Å². The smallest absolute Gasteiger partial charge is 0.272 e. The molecule has 1 saturated heterocycles. The van der Waals surface area contributed by atoms with Crippen LogP contribution in [0.1, 0.15) is 40.9 Å². The van der Waals surface area contributed by atoms with Gasteiger partial charge in [-0.2, -0.15) is 0 Å². The number of nitrogens with one attached hydrogen (secondary N) is 1. The molecule has 2 aromatic carbocycles. The molecule has 1 aliphatic heterocycles. The first-order valence-electron chi connectivity index (χ1n) is 10.2. The Kier molecular flexibility index (Phi) is 5.84. The van der Waals surface area contributed by atoms with Gasteiger partial charge in [0.25, 0.3) is 5.91 Å². The van der Waals surface area contributed by atoms with Crippen molar-refractivity contribution in [3.05, 3.63) is 77.5 Å². The van der Waals surface area contributed by atoms with E-state index < -0.39 is 0 Å². The summed E-state index contributed by atoms with van der Waals surface area (Å²) in [6, 6.07) is 19.9. The number of aromatic nitrogens is 2. The Morgan fingerprint density at radius 2 is 1.76 bits per heavy atom. The Hall–Kier alpha value is -3.21. The summed E-state index contributed by atoms with van der Waals surface area (Å²) in [7, 11) is 0. The lowest BCUT2D eigenvalue weighted by Crippen LogP contribution is -2.36. The summed E-state index contributed by atoms with van der Waals surface area (Å²) in [6.45, 7) is 4.33. The third kappa shape index (κ3) is 4.80. The lowest BCUT2D eigenvalue weighted by atomic mass is 10.1. The number of piperidine rings is 1. The maximum absolute atomic E-state index is 13.1. The molecule has 3 aromatic rings. The topological polar surface area (TPSA) is 58.1 Å². The van der Waals surface area contributed by atoms with E-state index in [1.807, 2.05) is 41.3 Å². The molecule has 1 amide bonds. The highest BCUT2D eigenvalue weighted by atomic mass is 16.2. The Balaban J connectivity index is 1.63. The van der Waals surface area contributed by atoms with E-state index in [1.165, 1.54) is 17.5 Å². The minimum Gasteiger partial charge on any atom is -0.366 e. The lowest BCUT2D eigenvalue weighted by Gasteiger charge is -2.26. The van der Waals surface area contributed by atoms with Crippen molar-refractivity contribution in [1.82, 2.24) is 14.9 Å². The molecule has 0 saturated carbocycles. The summed E-state index contributed by atoms with van der Waals surface area (Å²) < 4.78 is 0. The number of benzene rings is 2. The maximum atomic E-state index is 13.1. The predicted molar refractivity (Wildman–Crippen MR) is 116 cm³/mol. The molecule has 148 valence electrons. The second-order valence-corrected chi connectivity index (χ2v) is 7.52. The van der Waals surface area contributed by atoms with E-state index >= 15 is 0 Å². The third-order valence-electron chi connectivity index (χ3n) is 5.18. The summed E-state index contributed by atoms with van der Waals surface area (Å²) in [5.74, 6) is 1.23. The van der Waals surface area contributed by atoms with Gasteiger partial charge in [-0.25, -0.2) is 9.97 Å². The average molecular weight is 386 g/mol. The first kappa shape index (κ1) is 19.1. The molecule has 4 rings (SSSR count). The minimum atomic E-state index is -0.0112. The monoisotopic (exact) mass is 386 g/mol. The molecule has 2 heterocycles. The number of carbonyl (C=O) groups excluding carboxylic acids is 1. The van der Waals surface area contributed by atoms with Crippen molar-refractivity contribution < 1.29 is 4.79 Å². The van der Waals surface area contributed by atoms with Crippen LogP contribution in [-0.4, -0.2) is 33.9 Å². The van der Waals surface area contributed by atoms with Crippen LogP contribution >= 0.6 is 0 Å². The number of hydrogen-bond donors (Lipinski definition) is 1. The van der Waals surface area contributed by atoms with Gasteiger partial charge in [0.2, 0.25) is 0 Å². The Labute approximate surface area is 171 Å². The number of nitrogens with zero attached hydrogens (tertiary/aromatic N) is 3. The summed E-state index contributed by atoms with van der Waals surface area (Å²) in [6.07, 6.45) is 3.30. The number of likely N-dealkylation sites (tertiary alicyclic amines) is 1. The molecule has 0 bridgehead atoms. The minimum absolute atomic E-state index is 0.0112. The van der Waals surface area contributed by atoms with E-state index in [9.17, 15) is 4.79 Å². The highest BCUT2D eigenvalue weighted by Crippen LogP contribution is 2.20. The van der Waals surface area contributed by atoms with Crippen LogP contribution in [0.5, 0.6) is 0 Å². The SMILES string of the molecule is Cc1cccc(CNc2cc(C(=O)N3CCCCC3)nc(-c3ccccc3)n2)c1. The molecule has 0 aliphatic carbocycles. The fraction of sp³-hybridized carbons (Fsp3) is 0.292. The van der Waals surface area contributed by atoms with Gasteiger partial charge >= 0.3 is 0 Å². The van der Waals surface area contributed by atoms with Gasteiger partial charge in [-0.1, -0.05) is 60.2 Å². The second kappa shape index (κ2) is 8.86. The lowest BCUT2D eigenvalue weighted by molar-refractivity contribution is 0.0718. The van der Waals surface area contributed by atoms with E-state index in [-0.39, 0.29) is 5.91 Å². The molecule has 29 heavy (non-hydrogen) atoms. The number of amides is 1. The van der Waals surface area contributed by atoms with Crippen LogP contribution in [0.15, 0.2) is 60.7 Å². The zero-order valence-electron chi connectivity index (χ0n) is 16.8. The van der Waals surface area contributed by atoms with Crippen molar-refractivity contribution in [2.45, 2.75) is 32.7 Å². The highest BCUT2D eigenvalue weighted by molar-refractivity contribution is 5.93. The van der Waals surface area contributed by atoms with Crippen LogP contribution in [0.4, 0.5) is 5.82 Å². The number of aryl methyl sites for hydroxylation is 1. The first-order chi connectivity index (χ1) is 14.2. The fourth-order valence-electron chi connectivity index (χ4n) is 3.64. The molecule has 0 radical (unpaired) electrons. The summed E-state index contributed by atoms with van der Waals surface area (Å²) in [4.78, 5) is 24.3. The molecule has 1 N–H and O–H groups in total. The van der Waals surface area contributed by atoms with Gasteiger partial charge in [-0.3, -0.25) is 4.79 Å². The van der Waals surface area contributed by atoms with Gasteiger partial charge in [-0.05, 0) is 31.7 Å². The van der Waals surface area contributed by atoms with Gasteiger partial charge in [0.05, 0.1) is 0 Å². The average Bonchev–Trinajstić information content (AvgIpc) is 2.78. The van der Waals surface area contributed by atoms with Gasteiger partial charge in [-0.15, -0.1) is 0 Å². The van der Waals surface area contributed by atoms with E-state index in [2.05, 4.69) is 40.4 Å².